The maximum absolute atomic E-state index is 10.8. The minimum Gasteiger partial charge on any atom is -0.475 e. The smallest absolute Gasteiger partial charge is 0.371 e. The Bertz CT molecular complexity index is 809. The van der Waals surface area contributed by atoms with E-state index in [-0.39, 0.29) is 5.76 Å². The van der Waals surface area contributed by atoms with Crippen molar-refractivity contribution in [3.05, 3.63) is 40.1 Å². The van der Waals surface area contributed by atoms with Crippen molar-refractivity contribution in [1.82, 2.24) is 4.98 Å². The first kappa shape index (κ1) is 13.5. The Morgan fingerprint density at radius 1 is 1.45 bits per heavy atom. The monoisotopic (exact) mass is 325 g/mol. The van der Waals surface area contributed by atoms with Crippen molar-refractivity contribution in [1.29, 1.82) is 0 Å². The molecule has 0 unspecified atom stereocenters. The molecule has 0 fully saturated rings. The maximum atomic E-state index is 10.8. The van der Waals surface area contributed by atoms with E-state index >= 15 is 0 Å². The van der Waals surface area contributed by atoms with Crippen LogP contribution in [0.15, 0.2) is 38.7 Å². The molecule has 3 rings (SSSR count). The summed E-state index contributed by atoms with van der Waals surface area (Å²) < 4.78 is 6.24. The second-order valence-corrected chi connectivity index (χ2v) is 6.73. The summed E-state index contributed by atoms with van der Waals surface area (Å²) in [6.07, 6.45) is 0. The van der Waals surface area contributed by atoms with Crippen LogP contribution in [0.4, 0.5) is 0 Å². The van der Waals surface area contributed by atoms with Gasteiger partial charge < -0.3 is 9.52 Å². The van der Waals surface area contributed by atoms with Crippen LogP contribution in [-0.2, 0) is 0 Å². The van der Waals surface area contributed by atoms with Gasteiger partial charge in [-0.05, 0) is 43.0 Å². The van der Waals surface area contributed by atoms with E-state index in [1.165, 1.54) is 17.8 Å². The molecule has 0 saturated heterocycles. The zero-order valence-corrected chi connectivity index (χ0v) is 12.6. The molecule has 0 atom stereocenters. The van der Waals surface area contributed by atoms with E-state index in [1.807, 2.05) is 13.0 Å². The Hall–Kier alpha value is -1.50. The summed E-state index contributed by atoms with van der Waals surface area (Å²) in [4.78, 5) is 16.1. The molecule has 0 spiro atoms. The van der Waals surface area contributed by atoms with Crippen molar-refractivity contribution < 1.29 is 14.3 Å². The molecule has 3 aromatic rings. The number of fused-ring (bicyclic) bond motifs is 1. The molecule has 7 heteroatoms. The molecular formula is C13H8ClNO3S2. The highest BCUT2D eigenvalue weighted by Gasteiger charge is 2.14. The van der Waals surface area contributed by atoms with Gasteiger partial charge >= 0.3 is 5.97 Å². The number of carbonyl (C=O) groups is 1. The number of benzene rings is 1. The molecular weight excluding hydrogens is 318 g/mol. The molecule has 0 aliphatic heterocycles. The number of thiazole rings is 1. The van der Waals surface area contributed by atoms with E-state index in [0.717, 1.165) is 20.1 Å². The Kier molecular flexibility index (Phi) is 3.45. The van der Waals surface area contributed by atoms with E-state index in [1.54, 1.807) is 23.5 Å². The highest BCUT2D eigenvalue weighted by Crippen LogP contribution is 2.38. The number of hydrogen-bond acceptors (Lipinski definition) is 5. The van der Waals surface area contributed by atoms with Gasteiger partial charge in [-0.15, -0.1) is 11.3 Å². The summed E-state index contributed by atoms with van der Waals surface area (Å²) in [7, 11) is 0. The molecule has 0 amide bonds. The molecule has 0 saturated carbocycles. The molecule has 2 heterocycles. The summed E-state index contributed by atoms with van der Waals surface area (Å²) in [6, 6.07) is 6.73. The van der Waals surface area contributed by atoms with Gasteiger partial charge in [-0.2, -0.15) is 0 Å². The first-order valence-electron chi connectivity index (χ1n) is 5.60. The number of aromatic carboxylic acids is 1. The van der Waals surface area contributed by atoms with Crippen molar-refractivity contribution in [3.63, 3.8) is 0 Å². The molecule has 102 valence electrons. The number of aromatic nitrogens is 1. The Balaban J connectivity index is 2.02. The third-order valence-electron chi connectivity index (χ3n) is 2.53. The maximum Gasteiger partial charge on any atom is 0.371 e. The van der Waals surface area contributed by atoms with E-state index in [0.29, 0.717) is 10.1 Å². The summed E-state index contributed by atoms with van der Waals surface area (Å²) in [6.45, 7) is 1.93. The molecule has 4 nitrogen and oxygen atoms in total. The minimum absolute atomic E-state index is 0.0831. The number of halogens is 1. The zero-order chi connectivity index (χ0) is 14.3. The van der Waals surface area contributed by atoms with Crippen molar-refractivity contribution in [2.45, 2.75) is 16.9 Å². The van der Waals surface area contributed by atoms with E-state index in [2.05, 4.69) is 4.98 Å². The molecule has 1 aromatic carbocycles. The zero-order valence-electron chi connectivity index (χ0n) is 10.2. The number of furan rings is 1. The number of carboxylic acids is 1. The highest BCUT2D eigenvalue weighted by molar-refractivity contribution is 7.99. The summed E-state index contributed by atoms with van der Waals surface area (Å²) in [5, 5.41) is 10.9. The predicted octanol–water partition coefficient (Wildman–Crippen LogP) is 4.70. The topological polar surface area (TPSA) is 63.3 Å². The van der Waals surface area contributed by atoms with Crippen LogP contribution in [0.1, 0.15) is 15.6 Å². The summed E-state index contributed by atoms with van der Waals surface area (Å²) in [5.74, 6) is -1.17. The lowest BCUT2D eigenvalue weighted by atomic mass is 10.3. The molecule has 0 aliphatic carbocycles. The van der Waals surface area contributed by atoms with Gasteiger partial charge in [0.25, 0.3) is 0 Å². The third kappa shape index (κ3) is 2.54. The van der Waals surface area contributed by atoms with Crippen LogP contribution in [0.3, 0.4) is 0 Å². The van der Waals surface area contributed by atoms with Gasteiger partial charge in [0.1, 0.15) is 0 Å². The molecule has 0 radical (unpaired) electrons. The van der Waals surface area contributed by atoms with E-state index < -0.39 is 5.97 Å². The van der Waals surface area contributed by atoms with Crippen LogP contribution in [0, 0.1) is 6.92 Å². The number of nitrogens with zero attached hydrogens (tertiary/aromatic N) is 1. The van der Waals surface area contributed by atoms with E-state index in [4.69, 9.17) is 21.1 Å². The van der Waals surface area contributed by atoms with Crippen LogP contribution < -0.4 is 0 Å². The van der Waals surface area contributed by atoms with Crippen molar-refractivity contribution >= 4 is 50.9 Å². The highest BCUT2D eigenvalue weighted by atomic mass is 35.5. The standard InChI is InChI=1S/C13H8ClNO3S2/c1-6-15-12-9(19-6)4-7(14)5-10(12)20-11-3-2-8(18-11)13(16)17/h2-5H,1H3,(H,16,17). The quantitative estimate of drug-likeness (QED) is 0.756. The van der Waals surface area contributed by atoms with Crippen molar-refractivity contribution in [3.8, 4) is 0 Å². The fourth-order valence-electron chi connectivity index (χ4n) is 1.75. The lowest BCUT2D eigenvalue weighted by Crippen LogP contribution is -1.91. The summed E-state index contributed by atoms with van der Waals surface area (Å²) >= 11 is 8.98. The first-order valence-corrected chi connectivity index (χ1v) is 7.62. The predicted molar refractivity (Wildman–Crippen MR) is 79.2 cm³/mol. The lowest BCUT2D eigenvalue weighted by Gasteiger charge is -2.00. The molecule has 0 bridgehead atoms. The molecule has 1 N–H and O–H groups in total. The average molecular weight is 326 g/mol. The van der Waals surface area contributed by atoms with Crippen LogP contribution in [0.2, 0.25) is 5.02 Å². The molecule has 20 heavy (non-hydrogen) atoms. The van der Waals surface area contributed by atoms with Gasteiger partial charge in [0.05, 0.1) is 15.2 Å². The molecule has 2 aromatic heterocycles. The van der Waals surface area contributed by atoms with Gasteiger partial charge in [-0.1, -0.05) is 11.6 Å². The number of rotatable bonds is 3. The number of aryl methyl sites for hydroxylation is 1. The second-order valence-electron chi connectivity index (χ2n) is 4.01. The lowest BCUT2D eigenvalue weighted by molar-refractivity contribution is 0.0656. The van der Waals surface area contributed by atoms with Crippen LogP contribution >= 0.6 is 34.7 Å². The van der Waals surface area contributed by atoms with Crippen molar-refractivity contribution in [2.75, 3.05) is 0 Å². The van der Waals surface area contributed by atoms with Gasteiger partial charge in [-0.3, -0.25) is 0 Å². The SMILES string of the molecule is Cc1nc2c(Sc3ccc(C(=O)O)o3)cc(Cl)cc2s1. The number of carboxylic acid groups (broad SMARTS) is 1. The summed E-state index contributed by atoms with van der Waals surface area (Å²) in [5.41, 5.74) is 0.857. The van der Waals surface area contributed by atoms with Gasteiger partial charge in [0.2, 0.25) is 5.76 Å². The van der Waals surface area contributed by atoms with Gasteiger partial charge in [-0.25, -0.2) is 9.78 Å². The van der Waals surface area contributed by atoms with Crippen LogP contribution in [0.5, 0.6) is 0 Å². The largest absolute Gasteiger partial charge is 0.475 e. The van der Waals surface area contributed by atoms with Crippen LogP contribution in [0.25, 0.3) is 10.2 Å². The first-order chi connectivity index (χ1) is 9.52. The van der Waals surface area contributed by atoms with Crippen molar-refractivity contribution in [2.24, 2.45) is 0 Å². The second kappa shape index (κ2) is 5.12. The Morgan fingerprint density at radius 3 is 2.95 bits per heavy atom. The fraction of sp³-hybridized carbons (Fsp3) is 0.0769. The average Bonchev–Trinajstić information content (AvgIpc) is 2.95. The van der Waals surface area contributed by atoms with Gasteiger partial charge in [0, 0.05) is 9.92 Å². The fourth-order valence-corrected chi connectivity index (χ4v) is 3.98. The van der Waals surface area contributed by atoms with E-state index in [9.17, 15) is 4.79 Å². The number of hydrogen-bond donors (Lipinski definition) is 1. The Morgan fingerprint density at radius 2 is 2.25 bits per heavy atom. The van der Waals surface area contributed by atoms with Crippen LogP contribution in [-0.4, -0.2) is 16.1 Å². The Labute approximate surface area is 127 Å². The molecule has 0 aliphatic rings. The van der Waals surface area contributed by atoms with Gasteiger partial charge in [0.15, 0.2) is 5.09 Å². The normalized spacial score (nSPS) is 11.1. The third-order valence-corrected chi connectivity index (χ3v) is 4.62. The minimum atomic E-state index is -1.09.